The number of aromatic nitrogens is 3. The van der Waals surface area contributed by atoms with Crippen molar-refractivity contribution in [3.8, 4) is 11.1 Å². The number of pyridine rings is 1. The maximum atomic E-state index is 13.4. The first kappa shape index (κ1) is 21.6. The van der Waals surface area contributed by atoms with Crippen LogP contribution in [0.2, 0.25) is 0 Å². The number of allylic oxidation sites excluding steroid dienone is 2. The minimum atomic E-state index is -0.0875. The lowest BCUT2D eigenvalue weighted by atomic mass is 9.85. The Kier molecular flexibility index (Phi) is 5.91. The number of nitrogens with zero attached hydrogens (tertiary/aromatic N) is 4. The molecule has 2 aromatic heterocycles. The summed E-state index contributed by atoms with van der Waals surface area (Å²) >= 11 is 0. The minimum Gasteiger partial charge on any atom is -0.356 e. The van der Waals surface area contributed by atoms with Crippen molar-refractivity contribution in [2.45, 2.75) is 72.8 Å². The Labute approximate surface area is 185 Å². The molecule has 166 valence electrons. The predicted molar refractivity (Wildman–Crippen MR) is 125 cm³/mol. The Morgan fingerprint density at radius 2 is 2.00 bits per heavy atom. The van der Waals surface area contributed by atoms with Gasteiger partial charge in [0, 0.05) is 42.3 Å². The molecule has 0 spiro atoms. The molecular formula is C25H35N5O. The SMILES string of the molecule is C/C=C(\C)NC(=O)c1c(N2CCCC(C)(C)CC2)ncc(-c2cnn(C3CC3)c2)c1C. The highest BCUT2D eigenvalue weighted by Crippen LogP contribution is 2.37. The van der Waals surface area contributed by atoms with E-state index in [9.17, 15) is 4.79 Å². The van der Waals surface area contributed by atoms with E-state index in [4.69, 9.17) is 4.98 Å². The fraction of sp³-hybridized carbons (Fsp3) is 0.560. The molecule has 0 radical (unpaired) electrons. The topological polar surface area (TPSA) is 63.1 Å². The van der Waals surface area contributed by atoms with Crippen LogP contribution < -0.4 is 10.2 Å². The average molecular weight is 422 g/mol. The highest BCUT2D eigenvalue weighted by atomic mass is 16.1. The maximum Gasteiger partial charge on any atom is 0.259 e. The molecular weight excluding hydrogens is 386 g/mol. The van der Waals surface area contributed by atoms with Crippen molar-refractivity contribution < 1.29 is 4.79 Å². The number of hydrogen-bond acceptors (Lipinski definition) is 4. The van der Waals surface area contributed by atoms with E-state index < -0.39 is 0 Å². The molecule has 4 rings (SSSR count). The van der Waals surface area contributed by atoms with Crippen LogP contribution in [0.5, 0.6) is 0 Å². The summed E-state index contributed by atoms with van der Waals surface area (Å²) in [7, 11) is 0. The maximum absolute atomic E-state index is 13.4. The van der Waals surface area contributed by atoms with E-state index >= 15 is 0 Å². The van der Waals surface area contributed by atoms with Gasteiger partial charge in [-0.05, 0) is 63.9 Å². The Balaban J connectivity index is 1.74. The van der Waals surface area contributed by atoms with Gasteiger partial charge in [-0.15, -0.1) is 0 Å². The summed E-state index contributed by atoms with van der Waals surface area (Å²) < 4.78 is 2.04. The monoisotopic (exact) mass is 421 g/mol. The number of nitrogens with one attached hydrogen (secondary N) is 1. The number of carbonyl (C=O) groups is 1. The second kappa shape index (κ2) is 8.48. The van der Waals surface area contributed by atoms with E-state index in [-0.39, 0.29) is 5.91 Å². The summed E-state index contributed by atoms with van der Waals surface area (Å²) in [5, 5.41) is 7.59. The number of hydrogen-bond donors (Lipinski definition) is 1. The molecule has 0 bridgehead atoms. The Bertz CT molecular complexity index is 999. The normalized spacial score (nSPS) is 19.3. The van der Waals surface area contributed by atoms with Gasteiger partial charge < -0.3 is 10.2 Å². The van der Waals surface area contributed by atoms with Gasteiger partial charge in [0.05, 0.1) is 17.8 Å². The van der Waals surface area contributed by atoms with Crippen molar-refractivity contribution in [3.63, 3.8) is 0 Å². The van der Waals surface area contributed by atoms with Crippen LogP contribution in [-0.2, 0) is 0 Å². The minimum absolute atomic E-state index is 0.0875. The zero-order valence-corrected chi connectivity index (χ0v) is 19.5. The summed E-state index contributed by atoms with van der Waals surface area (Å²) in [4.78, 5) is 20.5. The van der Waals surface area contributed by atoms with E-state index in [1.807, 2.05) is 43.9 Å². The molecule has 1 aliphatic heterocycles. The fourth-order valence-electron chi connectivity index (χ4n) is 4.36. The van der Waals surface area contributed by atoms with Crippen molar-refractivity contribution in [2.75, 3.05) is 18.0 Å². The molecule has 1 N–H and O–H groups in total. The van der Waals surface area contributed by atoms with Crippen LogP contribution in [0.15, 0.2) is 30.4 Å². The molecule has 1 amide bonds. The van der Waals surface area contributed by atoms with Crippen molar-refractivity contribution in [3.05, 3.63) is 41.5 Å². The van der Waals surface area contributed by atoms with Crippen LogP contribution in [0.25, 0.3) is 11.1 Å². The van der Waals surface area contributed by atoms with Crippen molar-refractivity contribution in [1.29, 1.82) is 0 Å². The third-order valence-corrected chi connectivity index (χ3v) is 6.76. The predicted octanol–water partition coefficient (Wildman–Crippen LogP) is 5.26. The lowest BCUT2D eigenvalue weighted by Crippen LogP contribution is -2.31. The standard InChI is InChI=1S/C25H35N5O/c1-6-17(2)28-24(31)22-18(3)21(19-14-27-30(16-19)20-8-9-20)15-26-23(22)29-12-7-10-25(4,5)11-13-29/h6,14-16,20H,7-13H2,1-5H3,(H,28,31)/b17-6+. The molecule has 2 aliphatic rings. The molecule has 31 heavy (non-hydrogen) atoms. The Morgan fingerprint density at radius 1 is 1.23 bits per heavy atom. The zero-order chi connectivity index (χ0) is 22.2. The van der Waals surface area contributed by atoms with Gasteiger partial charge in [0.25, 0.3) is 5.91 Å². The van der Waals surface area contributed by atoms with Gasteiger partial charge in [0.15, 0.2) is 0 Å². The van der Waals surface area contributed by atoms with Crippen LogP contribution in [0.4, 0.5) is 5.82 Å². The molecule has 2 aromatic rings. The number of anilines is 1. The summed E-state index contributed by atoms with van der Waals surface area (Å²) in [6.45, 7) is 12.4. The third kappa shape index (κ3) is 4.68. The second-order valence-corrected chi connectivity index (χ2v) is 9.87. The lowest BCUT2D eigenvalue weighted by molar-refractivity contribution is 0.0965. The summed E-state index contributed by atoms with van der Waals surface area (Å²) in [5.74, 6) is 0.713. The largest absolute Gasteiger partial charge is 0.356 e. The van der Waals surface area contributed by atoms with Crippen LogP contribution in [0.1, 0.15) is 81.8 Å². The smallest absolute Gasteiger partial charge is 0.259 e. The van der Waals surface area contributed by atoms with Gasteiger partial charge in [-0.1, -0.05) is 19.9 Å². The molecule has 0 unspecified atom stereocenters. The Hall–Kier alpha value is -2.63. The van der Waals surface area contributed by atoms with Crippen molar-refractivity contribution >= 4 is 11.7 Å². The van der Waals surface area contributed by atoms with E-state index in [0.29, 0.717) is 17.0 Å². The number of rotatable bonds is 5. The van der Waals surface area contributed by atoms with E-state index in [1.54, 1.807) is 0 Å². The van der Waals surface area contributed by atoms with E-state index in [0.717, 1.165) is 54.1 Å². The van der Waals surface area contributed by atoms with Gasteiger partial charge in [-0.2, -0.15) is 5.10 Å². The summed E-state index contributed by atoms with van der Waals surface area (Å²) in [5.41, 5.74) is 4.82. The molecule has 1 saturated carbocycles. The number of amides is 1. The molecule has 3 heterocycles. The molecule has 0 aromatic carbocycles. The van der Waals surface area contributed by atoms with Gasteiger partial charge in [-0.3, -0.25) is 9.48 Å². The molecule has 1 saturated heterocycles. The van der Waals surface area contributed by atoms with Gasteiger partial charge in [0.2, 0.25) is 0 Å². The van der Waals surface area contributed by atoms with Crippen molar-refractivity contribution in [1.82, 2.24) is 20.1 Å². The van der Waals surface area contributed by atoms with Crippen LogP contribution in [0.3, 0.4) is 0 Å². The molecule has 2 fully saturated rings. The molecule has 6 heteroatoms. The summed E-state index contributed by atoms with van der Waals surface area (Å²) in [6, 6.07) is 0.529. The molecule has 6 nitrogen and oxygen atoms in total. The van der Waals surface area contributed by atoms with Crippen LogP contribution in [0, 0.1) is 12.3 Å². The Morgan fingerprint density at radius 3 is 2.71 bits per heavy atom. The van der Waals surface area contributed by atoms with Crippen molar-refractivity contribution in [2.24, 2.45) is 5.41 Å². The van der Waals surface area contributed by atoms with Gasteiger partial charge in [-0.25, -0.2) is 4.98 Å². The highest BCUT2D eigenvalue weighted by molar-refractivity contribution is 6.02. The summed E-state index contributed by atoms with van der Waals surface area (Å²) in [6.07, 6.45) is 13.6. The fourth-order valence-corrected chi connectivity index (χ4v) is 4.36. The van der Waals surface area contributed by atoms with Gasteiger partial charge in [0.1, 0.15) is 5.82 Å². The van der Waals surface area contributed by atoms with Crippen LogP contribution >= 0.6 is 0 Å². The van der Waals surface area contributed by atoms with Crippen LogP contribution in [-0.4, -0.2) is 33.8 Å². The van der Waals surface area contributed by atoms with E-state index in [1.165, 1.54) is 19.3 Å². The first-order valence-corrected chi connectivity index (χ1v) is 11.5. The first-order valence-electron chi connectivity index (χ1n) is 11.5. The molecule has 0 atom stereocenters. The average Bonchev–Trinajstić information content (AvgIpc) is 3.50. The quantitative estimate of drug-likeness (QED) is 0.715. The highest BCUT2D eigenvalue weighted by Gasteiger charge is 2.29. The third-order valence-electron chi connectivity index (χ3n) is 6.76. The molecule has 1 aliphatic carbocycles. The zero-order valence-electron chi connectivity index (χ0n) is 19.5. The second-order valence-electron chi connectivity index (χ2n) is 9.87. The van der Waals surface area contributed by atoms with E-state index in [2.05, 4.69) is 35.4 Å². The first-order chi connectivity index (χ1) is 14.8. The van der Waals surface area contributed by atoms with Gasteiger partial charge >= 0.3 is 0 Å². The lowest BCUT2D eigenvalue weighted by Gasteiger charge is -2.27. The number of carbonyl (C=O) groups excluding carboxylic acids is 1.